The van der Waals surface area contributed by atoms with Gasteiger partial charge in [-0.25, -0.2) is 8.42 Å². The van der Waals surface area contributed by atoms with Gasteiger partial charge in [0.1, 0.15) is 0 Å². The third-order valence-corrected chi connectivity index (χ3v) is 3.89. The lowest BCUT2D eigenvalue weighted by Crippen LogP contribution is -2.55. The fourth-order valence-corrected chi connectivity index (χ4v) is 2.80. The fourth-order valence-electron chi connectivity index (χ4n) is 1.52. The van der Waals surface area contributed by atoms with Crippen molar-refractivity contribution >= 4 is 16.0 Å². The van der Waals surface area contributed by atoms with Gasteiger partial charge in [-0.1, -0.05) is 0 Å². The van der Waals surface area contributed by atoms with Crippen LogP contribution < -0.4 is 4.72 Å². The zero-order valence-electron chi connectivity index (χ0n) is 9.64. The van der Waals surface area contributed by atoms with Crippen molar-refractivity contribution in [1.82, 2.24) is 4.72 Å². The first-order valence-corrected chi connectivity index (χ1v) is 6.98. The van der Waals surface area contributed by atoms with E-state index in [4.69, 9.17) is 14.6 Å². The first-order valence-electron chi connectivity index (χ1n) is 5.32. The number of hydrogen-bond acceptors (Lipinski definition) is 5. The Morgan fingerprint density at radius 1 is 1.59 bits per heavy atom. The van der Waals surface area contributed by atoms with Crippen LogP contribution in [0.4, 0.5) is 0 Å². The number of carboxylic acid groups (broad SMARTS) is 1. The van der Waals surface area contributed by atoms with Crippen LogP contribution >= 0.6 is 0 Å². The van der Waals surface area contributed by atoms with E-state index in [1.165, 1.54) is 0 Å². The number of ether oxygens (including phenoxy) is 2. The molecule has 8 heteroatoms. The third kappa shape index (κ3) is 3.91. The molecular weight excluding hydrogens is 250 g/mol. The number of sulfonamides is 1. The first-order chi connectivity index (χ1) is 7.92. The molecule has 0 radical (unpaired) electrons. The van der Waals surface area contributed by atoms with Crippen molar-refractivity contribution in [3.05, 3.63) is 0 Å². The zero-order valence-corrected chi connectivity index (χ0v) is 10.5. The van der Waals surface area contributed by atoms with Gasteiger partial charge >= 0.3 is 5.97 Å². The minimum Gasteiger partial charge on any atom is -0.480 e. The van der Waals surface area contributed by atoms with Crippen molar-refractivity contribution in [1.29, 1.82) is 0 Å². The molecule has 0 aromatic heterocycles. The van der Waals surface area contributed by atoms with Crippen molar-refractivity contribution in [3.63, 3.8) is 0 Å². The summed E-state index contributed by atoms with van der Waals surface area (Å²) in [5, 5.41) is 9.06. The Balaban J connectivity index is 2.64. The summed E-state index contributed by atoms with van der Waals surface area (Å²) in [6, 6.07) is 0. The Bertz CT molecular complexity index is 360. The molecule has 0 aromatic rings. The van der Waals surface area contributed by atoms with Gasteiger partial charge in [0.05, 0.1) is 19.0 Å². The van der Waals surface area contributed by atoms with E-state index in [0.29, 0.717) is 6.61 Å². The molecule has 0 spiro atoms. The molecule has 1 saturated heterocycles. The van der Waals surface area contributed by atoms with Crippen LogP contribution in [0.3, 0.4) is 0 Å². The summed E-state index contributed by atoms with van der Waals surface area (Å²) in [4.78, 5) is 11.1. The van der Waals surface area contributed by atoms with Crippen LogP contribution in [0.2, 0.25) is 0 Å². The van der Waals surface area contributed by atoms with Crippen molar-refractivity contribution < 1.29 is 27.8 Å². The van der Waals surface area contributed by atoms with E-state index >= 15 is 0 Å². The molecule has 0 amide bonds. The SMILES string of the molecule is CCOCCS(=O)(=O)NC1(C(=O)O)CCOC1. The van der Waals surface area contributed by atoms with Crippen LogP contribution in [0, 0.1) is 0 Å². The summed E-state index contributed by atoms with van der Waals surface area (Å²) >= 11 is 0. The second kappa shape index (κ2) is 5.76. The molecule has 1 unspecified atom stereocenters. The summed E-state index contributed by atoms with van der Waals surface area (Å²) < 4.78 is 35.4. The van der Waals surface area contributed by atoms with Crippen LogP contribution in [-0.2, 0) is 24.3 Å². The van der Waals surface area contributed by atoms with E-state index in [0.717, 1.165) is 0 Å². The molecule has 17 heavy (non-hydrogen) atoms. The monoisotopic (exact) mass is 267 g/mol. The molecule has 0 aliphatic carbocycles. The molecule has 1 aliphatic rings. The Morgan fingerprint density at radius 2 is 2.29 bits per heavy atom. The largest absolute Gasteiger partial charge is 0.480 e. The Labute approximate surface area is 100 Å². The Hall–Kier alpha value is -0.700. The van der Waals surface area contributed by atoms with Crippen LogP contribution in [0.25, 0.3) is 0 Å². The molecule has 0 bridgehead atoms. The van der Waals surface area contributed by atoms with Crippen LogP contribution in [-0.4, -0.2) is 57.2 Å². The van der Waals surface area contributed by atoms with Gasteiger partial charge in [-0.2, -0.15) is 4.72 Å². The summed E-state index contributed by atoms with van der Waals surface area (Å²) in [6.07, 6.45) is 0.135. The van der Waals surface area contributed by atoms with Gasteiger partial charge < -0.3 is 14.6 Å². The van der Waals surface area contributed by atoms with E-state index in [1.807, 2.05) is 0 Å². The van der Waals surface area contributed by atoms with E-state index in [2.05, 4.69) is 4.72 Å². The minimum atomic E-state index is -3.68. The van der Waals surface area contributed by atoms with Gasteiger partial charge in [0, 0.05) is 19.6 Å². The molecule has 1 atom stereocenters. The van der Waals surface area contributed by atoms with Gasteiger partial charge in [0.15, 0.2) is 5.54 Å². The van der Waals surface area contributed by atoms with Gasteiger partial charge in [0.25, 0.3) is 0 Å². The maximum absolute atomic E-state index is 11.7. The van der Waals surface area contributed by atoms with Crippen LogP contribution in [0.15, 0.2) is 0 Å². The highest BCUT2D eigenvalue weighted by Crippen LogP contribution is 2.20. The van der Waals surface area contributed by atoms with E-state index in [9.17, 15) is 13.2 Å². The Kier molecular flexibility index (Phi) is 4.87. The van der Waals surface area contributed by atoms with Crippen LogP contribution in [0.1, 0.15) is 13.3 Å². The molecule has 1 fully saturated rings. The van der Waals surface area contributed by atoms with Gasteiger partial charge in [0.2, 0.25) is 10.0 Å². The predicted molar refractivity (Wildman–Crippen MR) is 59.2 cm³/mol. The highest BCUT2D eigenvalue weighted by molar-refractivity contribution is 7.89. The number of hydrogen-bond donors (Lipinski definition) is 2. The molecule has 0 aromatic carbocycles. The van der Waals surface area contributed by atoms with E-state index in [-0.39, 0.29) is 32.0 Å². The molecule has 1 heterocycles. The Morgan fingerprint density at radius 3 is 2.76 bits per heavy atom. The average molecular weight is 267 g/mol. The summed E-state index contributed by atoms with van der Waals surface area (Å²) in [7, 11) is -3.68. The summed E-state index contributed by atoms with van der Waals surface area (Å²) in [5.74, 6) is -1.47. The molecular formula is C9H17NO6S. The highest BCUT2D eigenvalue weighted by Gasteiger charge is 2.45. The normalized spacial score (nSPS) is 25.0. The van der Waals surface area contributed by atoms with Gasteiger partial charge in [-0.3, -0.25) is 4.79 Å². The minimum absolute atomic E-state index is 0.0440. The molecule has 7 nitrogen and oxygen atoms in total. The third-order valence-electron chi connectivity index (χ3n) is 2.48. The van der Waals surface area contributed by atoms with Crippen molar-refractivity contribution in [2.24, 2.45) is 0 Å². The van der Waals surface area contributed by atoms with E-state index in [1.54, 1.807) is 6.92 Å². The van der Waals surface area contributed by atoms with Crippen molar-refractivity contribution in [3.8, 4) is 0 Å². The lowest BCUT2D eigenvalue weighted by molar-refractivity contribution is -0.144. The average Bonchev–Trinajstić information content (AvgIpc) is 2.67. The lowest BCUT2D eigenvalue weighted by atomic mass is 10.0. The number of rotatable bonds is 7. The topological polar surface area (TPSA) is 102 Å². The highest BCUT2D eigenvalue weighted by atomic mass is 32.2. The zero-order chi connectivity index (χ0) is 12.9. The summed E-state index contributed by atoms with van der Waals surface area (Å²) in [5.41, 5.74) is -1.52. The van der Waals surface area contributed by atoms with Crippen LogP contribution in [0.5, 0.6) is 0 Å². The molecule has 1 aliphatic heterocycles. The molecule has 1 rings (SSSR count). The fraction of sp³-hybridized carbons (Fsp3) is 0.889. The first kappa shape index (κ1) is 14.4. The van der Waals surface area contributed by atoms with Crippen molar-refractivity contribution in [2.45, 2.75) is 18.9 Å². The standard InChI is InChI=1S/C9H17NO6S/c1-2-15-5-6-17(13,14)10-9(8(11)12)3-4-16-7-9/h10H,2-7H2,1H3,(H,11,12). The number of nitrogens with one attached hydrogen (secondary N) is 1. The number of aliphatic carboxylic acids is 1. The molecule has 100 valence electrons. The molecule has 2 N–H and O–H groups in total. The van der Waals surface area contributed by atoms with Crippen molar-refractivity contribution in [2.75, 3.05) is 32.2 Å². The van der Waals surface area contributed by atoms with Gasteiger partial charge in [-0.05, 0) is 6.92 Å². The number of carboxylic acids is 1. The quantitative estimate of drug-likeness (QED) is 0.585. The van der Waals surface area contributed by atoms with Gasteiger partial charge in [-0.15, -0.1) is 0 Å². The maximum atomic E-state index is 11.7. The smallest absolute Gasteiger partial charge is 0.327 e. The second-order valence-corrected chi connectivity index (χ2v) is 5.65. The summed E-state index contributed by atoms with van der Waals surface area (Å²) in [6.45, 7) is 2.31. The predicted octanol–water partition coefficient (Wildman–Crippen LogP) is -0.814. The lowest BCUT2D eigenvalue weighted by Gasteiger charge is -2.23. The van der Waals surface area contributed by atoms with E-state index < -0.39 is 21.5 Å². The molecule has 0 saturated carbocycles. The number of carbonyl (C=O) groups is 1. The second-order valence-electron chi connectivity index (χ2n) is 3.81. The maximum Gasteiger partial charge on any atom is 0.327 e.